The maximum Gasteiger partial charge on any atom is 0.0614 e. The van der Waals surface area contributed by atoms with E-state index in [-0.39, 0.29) is 0 Å². The van der Waals surface area contributed by atoms with Crippen molar-refractivity contribution in [3.63, 3.8) is 0 Å². The number of hydrogen-bond acceptors (Lipinski definition) is 2. The topological polar surface area (TPSA) is 9.23 Å². The summed E-state index contributed by atoms with van der Waals surface area (Å²) in [4.78, 5) is 0. The third-order valence-electron chi connectivity index (χ3n) is 0.686. The van der Waals surface area contributed by atoms with E-state index < -0.39 is 0 Å². The van der Waals surface area contributed by atoms with Gasteiger partial charge in [-0.15, -0.1) is 0 Å². The smallest absolute Gasteiger partial charge is 0.0614 e. The van der Waals surface area contributed by atoms with Gasteiger partial charge in [0.2, 0.25) is 0 Å². The lowest BCUT2D eigenvalue weighted by Crippen LogP contribution is -1.91. The van der Waals surface area contributed by atoms with Crippen molar-refractivity contribution < 1.29 is 4.18 Å². The third-order valence-corrected chi connectivity index (χ3v) is 1.36. The quantitative estimate of drug-likeness (QED) is 0.431. The van der Waals surface area contributed by atoms with Gasteiger partial charge >= 0.3 is 0 Å². The molecule has 1 nitrogen and oxygen atoms in total. The van der Waals surface area contributed by atoms with E-state index in [9.17, 15) is 0 Å². The highest BCUT2D eigenvalue weighted by Crippen LogP contribution is 2.17. The maximum absolute atomic E-state index is 4.93. The Hall–Kier alpha value is 0.310. The highest BCUT2D eigenvalue weighted by molar-refractivity contribution is 7.96. The Labute approximate surface area is 42.3 Å². The summed E-state index contributed by atoms with van der Waals surface area (Å²) < 4.78 is 4.93. The van der Waals surface area contributed by atoms with Gasteiger partial charge in [-0.25, -0.2) is 0 Å². The van der Waals surface area contributed by atoms with E-state index in [1.165, 1.54) is 24.9 Å². The Morgan fingerprint density at radius 3 is 2.83 bits per heavy atom. The van der Waals surface area contributed by atoms with Crippen LogP contribution in [0, 0.1) is 5.75 Å². The predicted molar refractivity (Wildman–Crippen MR) is 27.1 cm³/mol. The Morgan fingerprint density at radius 1 is 1.67 bits per heavy atom. The predicted octanol–water partition coefficient (Wildman–Crippen LogP) is 1.61. The molecular formula is C4H7OS. The number of rotatable bonds is 0. The van der Waals surface area contributed by atoms with Gasteiger partial charge in [-0.3, -0.25) is 0 Å². The van der Waals surface area contributed by atoms with Gasteiger partial charge in [0.1, 0.15) is 0 Å². The Balaban J connectivity index is 2.00. The van der Waals surface area contributed by atoms with Gasteiger partial charge in [-0.05, 0) is 24.9 Å². The van der Waals surface area contributed by atoms with Gasteiger partial charge in [0.15, 0.2) is 0 Å². The van der Waals surface area contributed by atoms with Crippen molar-refractivity contribution in [2.75, 3.05) is 6.61 Å². The van der Waals surface area contributed by atoms with Crippen molar-refractivity contribution in [1.82, 2.24) is 0 Å². The van der Waals surface area contributed by atoms with Gasteiger partial charge < -0.3 is 4.18 Å². The summed E-state index contributed by atoms with van der Waals surface area (Å²) >= 11 is 1.47. The molecule has 0 aromatic heterocycles. The molecule has 2 heteroatoms. The second-order valence-corrected chi connectivity index (χ2v) is 1.99. The summed E-state index contributed by atoms with van der Waals surface area (Å²) in [6, 6.07) is 0. The zero-order valence-corrected chi connectivity index (χ0v) is 4.33. The maximum atomic E-state index is 4.93. The Morgan fingerprint density at radius 2 is 2.67 bits per heavy atom. The SMILES string of the molecule is [CH]1CCCOS1. The lowest BCUT2D eigenvalue weighted by Gasteiger charge is -2.05. The van der Waals surface area contributed by atoms with E-state index in [0.717, 1.165) is 6.61 Å². The van der Waals surface area contributed by atoms with E-state index in [0.29, 0.717) is 0 Å². The molecule has 1 fully saturated rings. The summed E-state index contributed by atoms with van der Waals surface area (Å²) in [6.45, 7) is 0.932. The fraction of sp³-hybridized carbons (Fsp3) is 0.750. The van der Waals surface area contributed by atoms with Gasteiger partial charge in [0.05, 0.1) is 6.61 Å². The van der Waals surface area contributed by atoms with Gasteiger partial charge in [-0.1, -0.05) is 0 Å². The first-order chi connectivity index (χ1) is 3.00. The second-order valence-electron chi connectivity index (χ2n) is 1.23. The van der Waals surface area contributed by atoms with Crippen LogP contribution in [0.15, 0.2) is 0 Å². The molecule has 1 rings (SSSR count). The van der Waals surface area contributed by atoms with E-state index in [1.54, 1.807) is 0 Å². The normalized spacial score (nSPS) is 24.0. The minimum atomic E-state index is 0.932. The molecule has 0 aliphatic carbocycles. The van der Waals surface area contributed by atoms with Crippen LogP contribution in [-0.2, 0) is 4.18 Å². The van der Waals surface area contributed by atoms with Crippen LogP contribution < -0.4 is 0 Å². The summed E-state index contributed by atoms with van der Waals surface area (Å²) in [7, 11) is 0. The van der Waals surface area contributed by atoms with Crippen LogP contribution >= 0.6 is 12.0 Å². The minimum absolute atomic E-state index is 0.932. The Kier molecular flexibility index (Phi) is 1.85. The van der Waals surface area contributed by atoms with Gasteiger partial charge in [0.25, 0.3) is 0 Å². The van der Waals surface area contributed by atoms with Crippen molar-refractivity contribution >= 4 is 12.0 Å². The molecule has 1 aliphatic heterocycles. The zero-order valence-electron chi connectivity index (χ0n) is 3.52. The molecule has 1 saturated heterocycles. The van der Waals surface area contributed by atoms with Crippen LogP contribution in [0.1, 0.15) is 12.8 Å². The molecule has 0 atom stereocenters. The van der Waals surface area contributed by atoms with Gasteiger partial charge in [-0.2, -0.15) is 0 Å². The van der Waals surface area contributed by atoms with E-state index in [4.69, 9.17) is 4.18 Å². The van der Waals surface area contributed by atoms with E-state index >= 15 is 0 Å². The first-order valence-electron chi connectivity index (χ1n) is 2.10. The van der Waals surface area contributed by atoms with Crippen molar-refractivity contribution in [2.45, 2.75) is 12.8 Å². The molecule has 1 radical (unpaired) electrons. The number of hydrogen-bond donors (Lipinski definition) is 0. The van der Waals surface area contributed by atoms with Crippen LogP contribution in [0.5, 0.6) is 0 Å². The Bertz CT molecular complexity index is 23.0. The minimum Gasteiger partial charge on any atom is -0.315 e. The third kappa shape index (κ3) is 1.19. The molecular weight excluding hydrogens is 96.1 g/mol. The summed E-state index contributed by atoms with van der Waals surface area (Å²) in [5, 5.41) is 0. The van der Waals surface area contributed by atoms with E-state index in [1.807, 2.05) is 0 Å². The lowest BCUT2D eigenvalue weighted by atomic mass is 10.4. The van der Waals surface area contributed by atoms with Crippen LogP contribution in [0.4, 0.5) is 0 Å². The van der Waals surface area contributed by atoms with E-state index in [2.05, 4.69) is 5.75 Å². The largest absolute Gasteiger partial charge is 0.315 e. The fourth-order valence-electron chi connectivity index (χ4n) is 0.370. The zero-order chi connectivity index (χ0) is 4.24. The molecule has 35 valence electrons. The molecule has 0 N–H and O–H groups in total. The average molecular weight is 103 g/mol. The standard InChI is InChI=1S/C4H7OS/c1-2-4-6-5-3-1/h4H,1-3H2. The summed E-state index contributed by atoms with van der Waals surface area (Å²) in [5.74, 6) is 2.09. The average Bonchev–Trinajstić information content (AvgIpc) is 1.72. The second kappa shape index (κ2) is 2.48. The first-order valence-corrected chi connectivity index (χ1v) is 2.90. The van der Waals surface area contributed by atoms with Crippen LogP contribution in [0.2, 0.25) is 0 Å². The monoisotopic (exact) mass is 103 g/mol. The highest BCUT2D eigenvalue weighted by Gasteiger charge is 1.96. The summed E-state index contributed by atoms with van der Waals surface area (Å²) in [6.07, 6.45) is 2.41. The van der Waals surface area contributed by atoms with Gasteiger partial charge in [0, 0.05) is 5.75 Å². The van der Waals surface area contributed by atoms with Crippen LogP contribution in [-0.4, -0.2) is 6.61 Å². The van der Waals surface area contributed by atoms with Crippen molar-refractivity contribution in [1.29, 1.82) is 0 Å². The van der Waals surface area contributed by atoms with Crippen LogP contribution in [0.25, 0.3) is 0 Å². The van der Waals surface area contributed by atoms with Crippen molar-refractivity contribution in [3.05, 3.63) is 5.75 Å². The molecule has 1 aliphatic rings. The van der Waals surface area contributed by atoms with Crippen LogP contribution in [0.3, 0.4) is 0 Å². The van der Waals surface area contributed by atoms with Crippen molar-refractivity contribution in [2.24, 2.45) is 0 Å². The van der Waals surface area contributed by atoms with Crippen molar-refractivity contribution in [3.8, 4) is 0 Å². The molecule has 0 unspecified atom stereocenters. The molecule has 0 aromatic carbocycles. The highest BCUT2D eigenvalue weighted by atomic mass is 32.2. The molecule has 0 spiro atoms. The molecule has 1 heterocycles. The fourth-order valence-corrected chi connectivity index (χ4v) is 0.943. The molecule has 0 amide bonds. The molecule has 6 heavy (non-hydrogen) atoms. The molecule has 0 aromatic rings. The molecule has 0 bridgehead atoms. The first kappa shape index (κ1) is 4.47. The lowest BCUT2D eigenvalue weighted by molar-refractivity contribution is 0.354. The summed E-state index contributed by atoms with van der Waals surface area (Å²) in [5.41, 5.74) is 0. The molecule has 0 saturated carbocycles.